The fraction of sp³-hybridized carbons (Fsp3) is 0.400. The molecular weight excluding hydrogens is 359 g/mol. The van der Waals surface area contributed by atoms with E-state index in [0.29, 0.717) is 31.1 Å². The van der Waals surface area contributed by atoms with Crippen molar-refractivity contribution in [3.05, 3.63) is 59.7 Å². The normalized spacial score (nSPS) is 18.7. The van der Waals surface area contributed by atoms with Gasteiger partial charge in [0.25, 0.3) is 0 Å². The van der Waals surface area contributed by atoms with Gasteiger partial charge in [0.15, 0.2) is 6.10 Å². The standard InChI is InChI=1S/C20H22F3NO3/c1-2-25-16-7-9-17(10-8-16)27-19(18-13-24-11-12-26-18)14-3-5-15(6-4-14)20(21,22)23/h3-10,18-19,24H,2,11-13H2,1H3. The van der Waals surface area contributed by atoms with Crippen LogP contribution in [-0.2, 0) is 10.9 Å². The van der Waals surface area contributed by atoms with E-state index in [0.717, 1.165) is 24.4 Å². The molecule has 2 aromatic rings. The monoisotopic (exact) mass is 381 g/mol. The summed E-state index contributed by atoms with van der Waals surface area (Å²) in [7, 11) is 0. The molecule has 1 aliphatic rings. The highest BCUT2D eigenvalue weighted by molar-refractivity contribution is 5.33. The molecule has 0 aliphatic carbocycles. The first-order valence-electron chi connectivity index (χ1n) is 8.86. The molecule has 0 aromatic heterocycles. The molecule has 4 nitrogen and oxygen atoms in total. The molecule has 2 atom stereocenters. The van der Waals surface area contributed by atoms with Crippen molar-refractivity contribution in [1.82, 2.24) is 5.32 Å². The van der Waals surface area contributed by atoms with Crippen LogP contribution in [0.2, 0.25) is 0 Å². The average Bonchev–Trinajstić information content (AvgIpc) is 2.68. The molecule has 0 spiro atoms. The molecule has 27 heavy (non-hydrogen) atoms. The molecule has 0 amide bonds. The number of halogens is 3. The lowest BCUT2D eigenvalue weighted by atomic mass is 10.0. The Kier molecular flexibility index (Phi) is 6.23. The zero-order valence-electron chi connectivity index (χ0n) is 15.0. The number of rotatable bonds is 6. The molecule has 0 bridgehead atoms. The Labute approximate surface area is 156 Å². The molecule has 1 fully saturated rings. The van der Waals surface area contributed by atoms with Gasteiger partial charge in [-0.15, -0.1) is 0 Å². The second-order valence-electron chi connectivity index (χ2n) is 6.18. The summed E-state index contributed by atoms with van der Waals surface area (Å²) in [5.41, 5.74) is -0.0562. The quantitative estimate of drug-likeness (QED) is 0.814. The molecule has 3 rings (SSSR count). The molecule has 0 saturated carbocycles. The maximum atomic E-state index is 12.8. The first-order valence-corrected chi connectivity index (χ1v) is 8.86. The van der Waals surface area contributed by atoms with E-state index < -0.39 is 17.8 Å². The van der Waals surface area contributed by atoms with Crippen LogP contribution in [0.4, 0.5) is 13.2 Å². The van der Waals surface area contributed by atoms with E-state index >= 15 is 0 Å². The van der Waals surface area contributed by atoms with Crippen molar-refractivity contribution < 1.29 is 27.4 Å². The minimum Gasteiger partial charge on any atom is -0.494 e. The third-order valence-electron chi connectivity index (χ3n) is 4.26. The van der Waals surface area contributed by atoms with Gasteiger partial charge in [0.2, 0.25) is 0 Å². The van der Waals surface area contributed by atoms with E-state index in [9.17, 15) is 13.2 Å². The predicted octanol–water partition coefficient (Wildman–Crippen LogP) is 4.21. The number of nitrogens with one attached hydrogen (secondary N) is 1. The summed E-state index contributed by atoms with van der Waals surface area (Å²) in [6, 6.07) is 12.2. The maximum absolute atomic E-state index is 12.8. The van der Waals surface area contributed by atoms with Gasteiger partial charge in [0.1, 0.15) is 17.6 Å². The zero-order valence-corrected chi connectivity index (χ0v) is 15.0. The molecule has 2 aromatic carbocycles. The van der Waals surface area contributed by atoms with E-state index in [2.05, 4.69) is 5.32 Å². The minimum absolute atomic E-state index is 0.304. The van der Waals surface area contributed by atoms with Crippen molar-refractivity contribution in [2.45, 2.75) is 25.3 Å². The number of hydrogen-bond donors (Lipinski definition) is 1. The predicted molar refractivity (Wildman–Crippen MR) is 95.0 cm³/mol. The Morgan fingerprint density at radius 1 is 1.07 bits per heavy atom. The highest BCUT2D eigenvalue weighted by Gasteiger charge is 2.32. The topological polar surface area (TPSA) is 39.7 Å². The lowest BCUT2D eigenvalue weighted by Gasteiger charge is -2.31. The minimum atomic E-state index is -4.37. The van der Waals surface area contributed by atoms with E-state index in [1.165, 1.54) is 12.1 Å². The Bertz CT molecular complexity index is 711. The third kappa shape index (κ3) is 5.14. The van der Waals surface area contributed by atoms with Crippen molar-refractivity contribution in [1.29, 1.82) is 0 Å². The Balaban J connectivity index is 1.82. The molecule has 146 valence electrons. The van der Waals surface area contributed by atoms with E-state index in [1.54, 1.807) is 24.3 Å². The average molecular weight is 381 g/mol. The van der Waals surface area contributed by atoms with Crippen LogP contribution in [0.3, 0.4) is 0 Å². The number of hydrogen-bond acceptors (Lipinski definition) is 4. The van der Waals surface area contributed by atoms with E-state index in [4.69, 9.17) is 14.2 Å². The van der Waals surface area contributed by atoms with Gasteiger partial charge in [0, 0.05) is 13.1 Å². The lowest BCUT2D eigenvalue weighted by Crippen LogP contribution is -2.43. The fourth-order valence-electron chi connectivity index (χ4n) is 2.93. The number of ether oxygens (including phenoxy) is 3. The van der Waals surface area contributed by atoms with Gasteiger partial charge >= 0.3 is 6.18 Å². The van der Waals surface area contributed by atoms with Crippen LogP contribution in [0.5, 0.6) is 11.5 Å². The number of benzene rings is 2. The molecule has 1 heterocycles. The Morgan fingerprint density at radius 3 is 2.30 bits per heavy atom. The summed E-state index contributed by atoms with van der Waals surface area (Å²) in [4.78, 5) is 0. The molecular formula is C20H22F3NO3. The summed E-state index contributed by atoms with van der Waals surface area (Å²) < 4.78 is 55.8. The van der Waals surface area contributed by atoms with Crippen molar-refractivity contribution >= 4 is 0 Å². The SMILES string of the molecule is CCOc1ccc(OC(c2ccc(C(F)(F)F)cc2)C2CNCCO2)cc1. The summed E-state index contributed by atoms with van der Waals surface area (Å²) in [6.07, 6.45) is -5.20. The van der Waals surface area contributed by atoms with Crippen LogP contribution in [0, 0.1) is 0 Å². The Morgan fingerprint density at radius 2 is 1.74 bits per heavy atom. The molecule has 1 aliphatic heterocycles. The van der Waals surface area contributed by atoms with Crippen LogP contribution in [0.1, 0.15) is 24.2 Å². The second kappa shape index (κ2) is 8.63. The molecule has 2 unspecified atom stereocenters. The summed E-state index contributed by atoms with van der Waals surface area (Å²) in [5, 5.41) is 3.23. The summed E-state index contributed by atoms with van der Waals surface area (Å²) in [5.74, 6) is 1.32. The highest BCUT2D eigenvalue weighted by Crippen LogP contribution is 2.33. The number of alkyl halides is 3. The van der Waals surface area contributed by atoms with Gasteiger partial charge in [-0.2, -0.15) is 13.2 Å². The van der Waals surface area contributed by atoms with Gasteiger partial charge in [0.05, 0.1) is 18.8 Å². The molecule has 1 saturated heterocycles. The van der Waals surface area contributed by atoms with Crippen molar-refractivity contribution in [2.75, 3.05) is 26.3 Å². The lowest BCUT2D eigenvalue weighted by molar-refractivity contribution is -0.137. The highest BCUT2D eigenvalue weighted by atomic mass is 19.4. The smallest absolute Gasteiger partial charge is 0.416 e. The molecule has 7 heteroatoms. The van der Waals surface area contributed by atoms with Crippen molar-refractivity contribution in [3.63, 3.8) is 0 Å². The van der Waals surface area contributed by atoms with Crippen LogP contribution < -0.4 is 14.8 Å². The zero-order chi connectivity index (χ0) is 19.3. The maximum Gasteiger partial charge on any atom is 0.416 e. The first-order chi connectivity index (χ1) is 13.0. The molecule has 0 radical (unpaired) electrons. The van der Waals surface area contributed by atoms with E-state index in [1.807, 2.05) is 6.92 Å². The van der Waals surface area contributed by atoms with Gasteiger partial charge in [-0.25, -0.2) is 0 Å². The van der Waals surface area contributed by atoms with Gasteiger partial charge in [-0.1, -0.05) is 12.1 Å². The van der Waals surface area contributed by atoms with Gasteiger partial charge in [-0.05, 0) is 48.9 Å². The summed E-state index contributed by atoms with van der Waals surface area (Å²) >= 11 is 0. The van der Waals surface area contributed by atoms with Crippen LogP contribution in [0.15, 0.2) is 48.5 Å². The fourth-order valence-corrected chi connectivity index (χ4v) is 2.93. The number of morpholine rings is 1. The van der Waals surface area contributed by atoms with Crippen molar-refractivity contribution in [3.8, 4) is 11.5 Å². The second-order valence-corrected chi connectivity index (χ2v) is 6.18. The first kappa shape index (κ1) is 19.5. The van der Waals surface area contributed by atoms with Crippen LogP contribution in [0.25, 0.3) is 0 Å². The summed E-state index contributed by atoms with van der Waals surface area (Å²) in [6.45, 7) is 4.28. The van der Waals surface area contributed by atoms with Gasteiger partial charge in [-0.3, -0.25) is 0 Å². The van der Waals surface area contributed by atoms with Crippen LogP contribution >= 0.6 is 0 Å². The van der Waals surface area contributed by atoms with E-state index in [-0.39, 0.29) is 6.10 Å². The van der Waals surface area contributed by atoms with Gasteiger partial charge < -0.3 is 19.5 Å². The van der Waals surface area contributed by atoms with Crippen LogP contribution in [-0.4, -0.2) is 32.4 Å². The van der Waals surface area contributed by atoms with Crippen molar-refractivity contribution in [2.24, 2.45) is 0 Å². The largest absolute Gasteiger partial charge is 0.494 e. The Hall–Kier alpha value is -2.25. The third-order valence-corrected chi connectivity index (χ3v) is 4.26. The molecule has 1 N–H and O–H groups in total.